The van der Waals surface area contributed by atoms with Gasteiger partial charge in [0, 0.05) is 6.42 Å². The second kappa shape index (κ2) is 6.82. The highest BCUT2D eigenvalue weighted by molar-refractivity contribution is 7.98. The average Bonchev–Trinajstić information content (AvgIpc) is 2.90. The molecule has 2 rings (SSSR count). The van der Waals surface area contributed by atoms with Crippen LogP contribution in [0, 0.1) is 0 Å². The highest BCUT2D eigenvalue weighted by Gasteiger charge is 2.10. The Bertz CT molecular complexity index is 651. The molecule has 1 aromatic carbocycles. The molecule has 0 spiro atoms. The molecule has 0 fully saturated rings. The van der Waals surface area contributed by atoms with Gasteiger partial charge < -0.3 is 9.84 Å². The first-order valence-corrected chi connectivity index (χ1v) is 7.80. The number of benzene rings is 1. The van der Waals surface area contributed by atoms with E-state index in [0.717, 1.165) is 12.2 Å². The van der Waals surface area contributed by atoms with Gasteiger partial charge in [-0.3, -0.25) is 0 Å². The van der Waals surface area contributed by atoms with Crippen molar-refractivity contribution in [2.45, 2.75) is 18.5 Å². The van der Waals surface area contributed by atoms with Crippen LogP contribution in [0.4, 0.5) is 0 Å². The Morgan fingerprint density at radius 1 is 1.48 bits per heavy atom. The minimum atomic E-state index is -0.0836. The van der Waals surface area contributed by atoms with Gasteiger partial charge in [-0.05, 0) is 24.0 Å². The van der Waals surface area contributed by atoms with E-state index in [1.807, 2.05) is 13.2 Å². The summed E-state index contributed by atoms with van der Waals surface area (Å²) in [7, 11) is 1.47. The van der Waals surface area contributed by atoms with Gasteiger partial charge in [0.05, 0.1) is 18.3 Å². The molecule has 0 radical (unpaired) electrons. The fourth-order valence-electron chi connectivity index (χ4n) is 1.71. The number of nitrogens with zero attached hydrogens (tertiary/aromatic N) is 4. The Hall–Kier alpha value is -1.73. The van der Waals surface area contributed by atoms with Crippen molar-refractivity contribution in [2.75, 3.05) is 13.4 Å². The third kappa shape index (κ3) is 3.30. The molecule has 0 saturated heterocycles. The Morgan fingerprint density at radius 3 is 2.86 bits per heavy atom. The SMILES string of the molecule is CCc1nnc(SC)n1/N=C\c1cc(Cl)c(O)c(OC)c1. The first kappa shape index (κ1) is 15.7. The largest absolute Gasteiger partial charge is 0.503 e. The van der Waals surface area contributed by atoms with E-state index in [2.05, 4.69) is 15.3 Å². The molecule has 6 nitrogen and oxygen atoms in total. The smallest absolute Gasteiger partial charge is 0.211 e. The normalized spacial score (nSPS) is 11.2. The predicted molar refractivity (Wildman–Crippen MR) is 83.8 cm³/mol. The fraction of sp³-hybridized carbons (Fsp3) is 0.308. The Labute approximate surface area is 131 Å². The van der Waals surface area contributed by atoms with Gasteiger partial charge in [0.2, 0.25) is 5.16 Å². The van der Waals surface area contributed by atoms with Crippen LogP contribution >= 0.6 is 23.4 Å². The van der Waals surface area contributed by atoms with Crippen molar-refractivity contribution in [3.8, 4) is 11.5 Å². The first-order valence-electron chi connectivity index (χ1n) is 6.19. The van der Waals surface area contributed by atoms with Crippen LogP contribution in [0.1, 0.15) is 18.3 Å². The van der Waals surface area contributed by atoms with Crippen molar-refractivity contribution in [3.05, 3.63) is 28.5 Å². The van der Waals surface area contributed by atoms with Gasteiger partial charge in [-0.2, -0.15) is 9.78 Å². The molecule has 0 aliphatic heterocycles. The zero-order valence-corrected chi connectivity index (χ0v) is 13.4. The lowest BCUT2D eigenvalue weighted by Gasteiger charge is -2.06. The standard InChI is InChI=1S/C13H15ClN4O2S/c1-4-11-16-17-13(21-3)18(11)15-7-8-5-9(14)12(19)10(6-8)20-2/h5-7,19H,4H2,1-3H3/b15-7-. The fourth-order valence-corrected chi connectivity index (χ4v) is 2.37. The summed E-state index contributed by atoms with van der Waals surface area (Å²) < 4.78 is 6.74. The van der Waals surface area contributed by atoms with Gasteiger partial charge in [-0.1, -0.05) is 30.3 Å². The minimum Gasteiger partial charge on any atom is -0.503 e. The molecule has 112 valence electrons. The Balaban J connectivity index is 2.38. The topological polar surface area (TPSA) is 72.5 Å². The van der Waals surface area contributed by atoms with Crippen LogP contribution in [0.15, 0.2) is 22.4 Å². The third-order valence-electron chi connectivity index (χ3n) is 2.77. The third-order valence-corrected chi connectivity index (χ3v) is 3.68. The van der Waals surface area contributed by atoms with Crippen molar-refractivity contribution >= 4 is 29.6 Å². The first-order chi connectivity index (χ1) is 10.1. The van der Waals surface area contributed by atoms with E-state index in [1.165, 1.54) is 18.9 Å². The van der Waals surface area contributed by atoms with Crippen LogP contribution in [0.3, 0.4) is 0 Å². The number of rotatable bonds is 5. The molecule has 0 saturated carbocycles. The maximum atomic E-state index is 9.71. The van der Waals surface area contributed by atoms with E-state index in [4.69, 9.17) is 16.3 Å². The second-order valence-corrected chi connectivity index (χ2v) is 5.25. The van der Waals surface area contributed by atoms with Gasteiger partial charge in [-0.25, -0.2) is 0 Å². The highest BCUT2D eigenvalue weighted by atomic mass is 35.5. The quantitative estimate of drug-likeness (QED) is 0.675. The monoisotopic (exact) mass is 326 g/mol. The van der Waals surface area contributed by atoms with E-state index >= 15 is 0 Å². The average molecular weight is 327 g/mol. The molecule has 0 aliphatic rings. The van der Waals surface area contributed by atoms with Crippen LogP contribution in [0.5, 0.6) is 11.5 Å². The molecule has 8 heteroatoms. The van der Waals surface area contributed by atoms with E-state index in [0.29, 0.717) is 16.5 Å². The second-order valence-electron chi connectivity index (χ2n) is 4.07. The Kier molecular flexibility index (Phi) is 5.08. The summed E-state index contributed by atoms with van der Waals surface area (Å²) in [6.07, 6.45) is 4.26. The van der Waals surface area contributed by atoms with E-state index in [9.17, 15) is 5.11 Å². The zero-order chi connectivity index (χ0) is 15.4. The Morgan fingerprint density at radius 2 is 2.24 bits per heavy atom. The maximum absolute atomic E-state index is 9.71. The predicted octanol–water partition coefficient (Wildman–Crippen LogP) is 2.81. The van der Waals surface area contributed by atoms with Crippen LogP contribution in [0.25, 0.3) is 0 Å². The molecule has 21 heavy (non-hydrogen) atoms. The summed E-state index contributed by atoms with van der Waals surface area (Å²) in [6.45, 7) is 1.99. The van der Waals surface area contributed by atoms with Gasteiger partial charge in [0.1, 0.15) is 0 Å². The molecular weight excluding hydrogens is 312 g/mol. The summed E-state index contributed by atoms with van der Waals surface area (Å²) in [5.74, 6) is 0.987. The summed E-state index contributed by atoms with van der Waals surface area (Å²) in [5, 5.41) is 23.1. The zero-order valence-electron chi connectivity index (χ0n) is 11.9. The molecule has 0 bridgehead atoms. The maximum Gasteiger partial charge on any atom is 0.211 e. The number of phenolic OH excluding ortho intramolecular Hbond substituents is 1. The molecule has 1 N–H and O–H groups in total. The van der Waals surface area contributed by atoms with Crippen molar-refractivity contribution < 1.29 is 9.84 Å². The van der Waals surface area contributed by atoms with Crippen molar-refractivity contribution in [1.29, 1.82) is 0 Å². The lowest BCUT2D eigenvalue weighted by molar-refractivity contribution is 0.373. The number of hydrogen-bond donors (Lipinski definition) is 1. The van der Waals surface area contributed by atoms with E-state index in [-0.39, 0.29) is 10.8 Å². The lowest BCUT2D eigenvalue weighted by atomic mass is 10.2. The number of ether oxygens (including phenoxy) is 1. The molecule has 1 aromatic heterocycles. The molecule has 0 amide bonds. The number of hydrogen-bond acceptors (Lipinski definition) is 6. The number of halogens is 1. The summed E-state index contributed by atoms with van der Waals surface area (Å²) in [6, 6.07) is 3.26. The van der Waals surface area contributed by atoms with Gasteiger partial charge >= 0.3 is 0 Å². The number of phenols is 1. The van der Waals surface area contributed by atoms with Crippen molar-refractivity contribution in [1.82, 2.24) is 14.9 Å². The van der Waals surface area contributed by atoms with E-state index in [1.54, 1.807) is 23.0 Å². The molecule has 0 atom stereocenters. The molecule has 1 heterocycles. The number of aromatic nitrogens is 3. The van der Waals surface area contributed by atoms with Crippen LogP contribution < -0.4 is 4.74 Å². The number of aryl methyl sites for hydroxylation is 1. The van der Waals surface area contributed by atoms with Gasteiger partial charge in [-0.15, -0.1) is 10.2 Å². The van der Waals surface area contributed by atoms with Crippen LogP contribution in [-0.4, -0.2) is 39.6 Å². The van der Waals surface area contributed by atoms with Crippen LogP contribution in [-0.2, 0) is 6.42 Å². The van der Waals surface area contributed by atoms with Gasteiger partial charge in [0.15, 0.2) is 17.3 Å². The number of aromatic hydroxyl groups is 1. The summed E-state index contributed by atoms with van der Waals surface area (Å²) in [5.41, 5.74) is 0.706. The lowest BCUT2D eigenvalue weighted by Crippen LogP contribution is -1.99. The van der Waals surface area contributed by atoms with Gasteiger partial charge in [0.25, 0.3) is 0 Å². The minimum absolute atomic E-state index is 0.0836. The molecule has 2 aromatic rings. The summed E-state index contributed by atoms with van der Waals surface area (Å²) >= 11 is 7.41. The van der Waals surface area contributed by atoms with Crippen LogP contribution in [0.2, 0.25) is 5.02 Å². The molecule has 0 aliphatic carbocycles. The highest BCUT2D eigenvalue weighted by Crippen LogP contribution is 2.34. The number of methoxy groups -OCH3 is 1. The summed E-state index contributed by atoms with van der Waals surface area (Å²) in [4.78, 5) is 0. The molecular formula is C13H15ClN4O2S. The molecule has 0 unspecified atom stereocenters. The van der Waals surface area contributed by atoms with Crippen molar-refractivity contribution in [2.24, 2.45) is 5.10 Å². The number of thioether (sulfide) groups is 1. The van der Waals surface area contributed by atoms with Crippen molar-refractivity contribution in [3.63, 3.8) is 0 Å². The van der Waals surface area contributed by atoms with E-state index < -0.39 is 0 Å².